The molecule has 1 atom stereocenters. The summed E-state index contributed by atoms with van der Waals surface area (Å²) in [6.07, 6.45) is 1.25. The van der Waals surface area contributed by atoms with Gasteiger partial charge in [-0.3, -0.25) is 19.0 Å². The zero-order valence-electron chi connectivity index (χ0n) is 14.5. The van der Waals surface area contributed by atoms with Gasteiger partial charge in [0.1, 0.15) is 18.4 Å². The van der Waals surface area contributed by atoms with Crippen molar-refractivity contribution in [1.29, 1.82) is 0 Å². The van der Waals surface area contributed by atoms with E-state index in [9.17, 15) is 14.4 Å². The number of carbonyl (C=O) groups excluding carboxylic acids is 2. The van der Waals surface area contributed by atoms with Crippen molar-refractivity contribution in [2.24, 2.45) is 0 Å². The van der Waals surface area contributed by atoms with Crippen molar-refractivity contribution in [3.63, 3.8) is 0 Å². The zero-order chi connectivity index (χ0) is 18.0. The summed E-state index contributed by atoms with van der Waals surface area (Å²) in [7, 11) is 0. The lowest BCUT2D eigenvalue weighted by molar-refractivity contribution is -0.140. The predicted octanol–water partition coefficient (Wildman–Crippen LogP) is 0.832. The van der Waals surface area contributed by atoms with E-state index in [1.807, 2.05) is 13.0 Å². The molecule has 25 heavy (non-hydrogen) atoms. The van der Waals surface area contributed by atoms with Gasteiger partial charge in [0.05, 0.1) is 10.9 Å². The van der Waals surface area contributed by atoms with E-state index < -0.39 is 6.04 Å². The number of carbonyl (C=O) groups is 2. The van der Waals surface area contributed by atoms with Crippen LogP contribution in [0.4, 0.5) is 0 Å². The van der Waals surface area contributed by atoms with Crippen LogP contribution >= 0.6 is 0 Å². The molecule has 1 saturated heterocycles. The Kier molecular flexibility index (Phi) is 4.83. The number of nitrogens with zero attached hydrogens (tertiary/aromatic N) is 3. The van der Waals surface area contributed by atoms with Gasteiger partial charge >= 0.3 is 0 Å². The lowest BCUT2D eigenvalue weighted by atomic mass is 10.1. The molecule has 1 fully saturated rings. The Hall–Kier alpha value is -2.70. The van der Waals surface area contributed by atoms with Crippen LogP contribution in [0, 0.1) is 6.92 Å². The minimum absolute atomic E-state index is 0.105. The van der Waals surface area contributed by atoms with Crippen molar-refractivity contribution < 1.29 is 9.59 Å². The molecule has 0 saturated carbocycles. The summed E-state index contributed by atoms with van der Waals surface area (Å²) in [6.45, 7) is 4.56. The van der Waals surface area contributed by atoms with Crippen LogP contribution in [0.1, 0.15) is 25.6 Å². The standard InChI is InChI=1S/C18H22N4O3/c1-3-15-17(24)19-9-6-10-21(15)16(23)11-22-12(2)20-14-8-5-4-7-13(14)18(22)25/h4-5,7-8,15H,3,6,9-11H2,1-2H3,(H,19,24)/t15-/m1/s1. The van der Waals surface area contributed by atoms with Crippen molar-refractivity contribution >= 4 is 22.7 Å². The van der Waals surface area contributed by atoms with Gasteiger partial charge in [-0.25, -0.2) is 4.98 Å². The molecule has 7 heteroatoms. The minimum atomic E-state index is -0.487. The Morgan fingerprint density at radius 2 is 2.08 bits per heavy atom. The number of hydrogen-bond donors (Lipinski definition) is 1. The van der Waals surface area contributed by atoms with Crippen LogP contribution < -0.4 is 10.9 Å². The van der Waals surface area contributed by atoms with Gasteiger partial charge in [-0.15, -0.1) is 0 Å². The molecular weight excluding hydrogens is 320 g/mol. The third-order valence-corrected chi connectivity index (χ3v) is 4.61. The van der Waals surface area contributed by atoms with Gasteiger partial charge in [0.25, 0.3) is 5.56 Å². The van der Waals surface area contributed by atoms with Crippen LogP contribution in [0.3, 0.4) is 0 Å². The van der Waals surface area contributed by atoms with Crippen LogP contribution in [0.25, 0.3) is 10.9 Å². The summed E-state index contributed by atoms with van der Waals surface area (Å²) in [5.41, 5.74) is 0.387. The second-order valence-corrected chi connectivity index (χ2v) is 6.22. The molecule has 0 radical (unpaired) electrons. The molecule has 0 unspecified atom stereocenters. The number of rotatable bonds is 3. The second-order valence-electron chi connectivity index (χ2n) is 6.22. The topological polar surface area (TPSA) is 84.3 Å². The molecule has 0 bridgehead atoms. The number of para-hydroxylation sites is 1. The third-order valence-electron chi connectivity index (χ3n) is 4.61. The molecule has 1 aliphatic rings. The Bertz CT molecular complexity index is 874. The van der Waals surface area contributed by atoms with E-state index in [2.05, 4.69) is 10.3 Å². The highest BCUT2D eigenvalue weighted by Crippen LogP contribution is 2.12. The Labute approximate surface area is 145 Å². The fourth-order valence-corrected chi connectivity index (χ4v) is 3.27. The zero-order valence-corrected chi connectivity index (χ0v) is 14.5. The molecule has 2 amide bonds. The molecular formula is C18H22N4O3. The molecule has 1 N–H and O–H groups in total. The van der Waals surface area contributed by atoms with Crippen LogP contribution in [-0.2, 0) is 16.1 Å². The van der Waals surface area contributed by atoms with E-state index in [1.165, 1.54) is 4.57 Å². The first kappa shape index (κ1) is 17.1. The molecule has 0 spiro atoms. The van der Waals surface area contributed by atoms with Crippen molar-refractivity contribution in [3.8, 4) is 0 Å². The van der Waals surface area contributed by atoms with E-state index in [0.29, 0.717) is 42.7 Å². The highest BCUT2D eigenvalue weighted by atomic mass is 16.2. The summed E-state index contributed by atoms with van der Waals surface area (Å²) < 4.78 is 1.39. The monoisotopic (exact) mass is 342 g/mol. The summed E-state index contributed by atoms with van der Waals surface area (Å²) >= 11 is 0. The Morgan fingerprint density at radius 3 is 2.84 bits per heavy atom. The molecule has 1 aromatic carbocycles. The van der Waals surface area contributed by atoms with Crippen molar-refractivity contribution in [2.75, 3.05) is 13.1 Å². The Balaban J connectivity index is 1.93. The largest absolute Gasteiger partial charge is 0.354 e. The van der Waals surface area contributed by atoms with Crippen LogP contribution in [0.15, 0.2) is 29.1 Å². The van der Waals surface area contributed by atoms with E-state index in [4.69, 9.17) is 0 Å². The lowest BCUT2D eigenvalue weighted by Crippen LogP contribution is -2.48. The Morgan fingerprint density at radius 1 is 1.32 bits per heavy atom. The lowest BCUT2D eigenvalue weighted by Gasteiger charge is -2.28. The number of aromatic nitrogens is 2. The number of hydrogen-bond acceptors (Lipinski definition) is 4. The molecule has 7 nitrogen and oxygen atoms in total. The van der Waals surface area contributed by atoms with Crippen LogP contribution in [-0.4, -0.2) is 45.4 Å². The first-order valence-electron chi connectivity index (χ1n) is 8.56. The highest BCUT2D eigenvalue weighted by molar-refractivity contribution is 5.88. The summed E-state index contributed by atoms with van der Waals surface area (Å²) in [4.78, 5) is 43.7. The number of amides is 2. The second kappa shape index (κ2) is 7.04. The van der Waals surface area contributed by atoms with E-state index in [0.717, 1.165) is 0 Å². The maximum absolute atomic E-state index is 12.8. The maximum Gasteiger partial charge on any atom is 0.261 e. The first-order chi connectivity index (χ1) is 12.0. The fraction of sp³-hybridized carbons (Fsp3) is 0.444. The molecule has 2 aromatic rings. The van der Waals surface area contributed by atoms with Crippen LogP contribution in [0.2, 0.25) is 0 Å². The minimum Gasteiger partial charge on any atom is -0.354 e. The average molecular weight is 342 g/mol. The van der Waals surface area contributed by atoms with Gasteiger partial charge in [0.15, 0.2) is 0 Å². The summed E-state index contributed by atoms with van der Waals surface area (Å²) in [6, 6.07) is 6.60. The van der Waals surface area contributed by atoms with Gasteiger partial charge < -0.3 is 10.2 Å². The SMILES string of the molecule is CC[C@@H]1C(=O)NCCCN1C(=O)Cn1c(C)nc2ccccc2c1=O. The number of nitrogens with one attached hydrogen (secondary N) is 1. The van der Waals surface area contributed by atoms with Gasteiger partial charge in [-0.2, -0.15) is 0 Å². The quantitative estimate of drug-likeness (QED) is 0.895. The maximum atomic E-state index is 12.8. The van der Waals surface area contributed by atoms with E-state index in [1.54, 1.807) is 30.0 Å². The van der Waals surface area contributed by atoms with Crippen molar-refractivity contribution in [2.45, 2.75) is 39.3 Å². The smallest absolute Gasteiger partial charge is 0.261 e. The third kappa shape index (κ3) is 3.26. The fourth-order valence-electron chi connectivity index (χ4n) is 3.27. The van der Waals surface area contributed by atoms with Crippen molar-refractivity contribution in [3.05, 3.63) is 40.4 Å². The van der Waals surface area contributed by atoms with Crippen molar-refractivity contribution in [1.82, 2.24) is 19.8 Å². The number of aryl methyl sites for hydroxylation is 1. The molecule has 2 heterocycles. The van der Waals surface area contributed by atoms with Gasteiger partial charge in [-0.05, 0) is 31.9 Å². The van der Waals surface area contributed by atoms with Gasteiger partial charge in [-0.1, -0.05) is 19.1 Å². The molecule has 132 valence electrons. The molecule has 1 aliphatic heterocycles. The number of fused-ring (bicyclic) bond motifs is 1. The van der Waals surface area contributed by atoms with Gasteiger partial charge in [0, 0.05) is 13.1 Å². The molecule has 0 aliphatic carbocycles. The predicted molar refractivity (Wildman–Crippen MR) is 94.2 cm³/mol. The molecule has 1 aromatic heterocycles. The highest BCUT2D eigenvalue weighted by Gasteiger charge is 2.30. The van der Waals surface area contributed by atoms with E-state index >= 15 is 0 Å². The first-order valence-corrected chi connectivity index (χ1v) is 8.56. The van der Waals surface area contributed by atoms with E-state index in [-0.39, 0.29) is 23.9 Å². The molecule has 3 rings (SSSR count). The number of benzene rings is 1. The van der Waals surface area contributed by atoms with Gasteiger partial charge in [0.2, 0.25) is 11.8 Å². The van der Waals surface area contributed by atoms with Crippen LogP contribution in [0.5, 0.6) is 0 Å². The summed E-state index contributed by atoms with van der Waals surface area (Å²) in [5, 5.41) is 3.32. The summed E-state index contributed by atoms with van der Waals surface area (Å²) in [5.74, 6) is 0.129. The average Bonchev–Trinajstić information content (AvgIpc) is 2.79. The normalized spacial score (nSPS) is 18.1.